The van der Waals surface area contributed by atoms with Crippen molar-refractivity contribution < 1.29 is 9.72 Å². The second-order valence-corrected chi connectivity index (χ2v) is 5.26. The summed E-state index contributed by atoms with van der Waals surface area (Å²) in [6, 6.07) is 4.46. The van der Waals surface area contributed by atoms with Crippen LogP contribution in [0.4, 0.5) is 11.4 Å². The van der Waals surface area contributed by atoms with Crippen LogP contribution in [0.5, 0.6) is 0 Å². The molecule has 0 bridgehead atoms. The molecule has 1 aromatic rings. The molecule has 1 rings (SSSR count). The van der Waals surface area contributed by atoms with Gasteiger partial charge in [0.1, 0.15) is 5.69 Å². The molecule has 0 saturated heterocycles. The summed E-state index contributed by atoms with van der Waals surface area (Å²) in [6.07, 6.45) is 0. The average Bonchev–Trinajstić information content (AvgIpc) is 2.43. The Balaban J connectivity index is 3.09. The predicted octanol–water partition coefficient (Wildman–Crippen LogP) is 3.14. The summed E-state index contributed by atoms with van der Waals surface area (Å²) in [4.78, 5) is 24.8. The van der Waals surface area contributed by atoms with Crippen LogP contribution in [-0.2, 0) is 0 Å². The van der Waals surface area contributed by atoms with Crippen molar-refractivity contribution in [3.8, 4) is 0 Å². The van der Waals surface area contributed by atoms with Crippen molar-refractivity contribution in [2.24, 2.45) is 5.92 Å². The Kier molecular flexibility index (Phi) is 6.14. The number of carbonyl (C=O) groups excluding carboxylic acids is 1. The molecule has 1 amide bonds. The van der Waals surface area contributed by atoms with Gasteiger partial charge in [-0.3, -0.25) is 14.9 Å². The monoisotopic (exact) mass is 293 g/mol. The fourth-order valence-corrected chi connectivity index (χ4v) is 2.14. The lowest BCUT2D eigenvalue weighted by molar-refractivity contribution is -0.384. The molecule has 116 valence electrons. The van der Waals surface area contributed by atoms with E-state index >= 15 is 0 Å². The van der Waals surface area contributed by atoms with Gasteiger partial charge in [-0.15, -0.1) is 0 Å². The van der Waals surface area contributed by atoms with Gasteiger partial charge in [-0.25, -0.2) is 0 Å². The van der Waals surface area contributed by atoms with E-state index in [2.05, 4.69) is 19.2 Å². The number of nitro groups is 1. The second kappa shape index (κ2) is 7.61. The number of nitrogens with one attached hydrogen (secondary N) is 1. The summed E-state index contributed by atoms with van der Waals surface area (Å²) in [5.74, 6) is 0.278. The molecular formula is C15H23N3O3. The first-order valence-electron chi connectivity index (χ1n) is 7.22. The third-order valence-electron chi connectivity index (χ3n) is 3.06. The zero-order chi connectivity index (χ0) is 16.0. The number of hydrogen-bond acceptors (Lipinski definition) is 4. The Bertz CT molecular complexity index is 515. The van der Waals surface area contributed by atoms with E-state index in [4.69, 9.17) is 0 Å². The number of amides is 1. The molecule has 0 heterocycles. The fourth-order valence-electron chi connectivity index (χ4n) is 2.14. The van der Waals surface area contributed by atoms with E-state index in [1.165, 1.54) is 12.1 Å². The van der Waals surface area contributed by atoms with Gasteiger partial charge in [-0.05, 0) is 31.9 Å². The van der Waals surface area contributed by atoms with Gasteiger partial charge in [-0.2, -0.15) is 0 Å². The average molecular weight is 293 g/mol. The minimum absolute atomic E-state index is 0.0136. The number of nitrogens with zero attached hydrogens (tertiary/aromatic N) is 2. The molecule has 0 spiro atoms. The lowest BCUT2D eigenvalue weighted by Crippen LogP contribution is -2.34. The molecule has 6 nitrogen and oxygen atoms in total. The van der Waals surface area contributed by atoms with Crippen molar-refractivity contribution in [1.82, 2.24) is 4.90 Å². The SMILES string of the molecule is CCNc1cc(C(=O)N(CC)CC(C)C)ccc1[N+](=O)[O-]. The summed E-state index contributed by atoms with van der Waals surface area (Å²) >= 11 is 0. The van der Waals surface area contributed by atoms with E-state index in [0.29, 0.717) is 36.8 Å². The maximum Gasteiger partial charge on any atom is 0.292 e. The Morgan fingerprint density at radius 3 is 2.52 bits per heavy atom. The maximum atomic E-state index is 12.5. The number of anilines is 1. The summed E-state index contributed by atoms with van der Waals surface area (Å²) < 4.78 is 0. The number of carbonyl (C=O) groups is 1. The van der Waals surface area contributed by atoms with Crippen LogP contribution in [0.2, 0.25) is 0 Å². The largest absolute Gasteiger partial charge is 0.380 e. The molecule has 0 radical (unpaired) electrons. The number of nitro benzene ring substituents is 1. The van der Waals surface area contributed by atoms with Gasteiger partial charge >= 0.3 is 0 Å². The van der Waals surface area contributed by atoms with Crippen LogP contribution in [0.1, 0.15) is 38.1 Å². The second-order valence-electron chi connectivity index (χ2n) is 5.26. The van der Waals surface area contributed by atoms with Crippen LogP contribution < -0.4 is 5.32 Å². The standard InChI is InChI=1S/C15H23N3O3/c1-5-16-13-9-12(7-8-14(13)18(20)21)15(19)17(6-2)10-11(3)4/h7-9,11,16H,5-6,10H2,1-4H3. The van der Waals surface area contributed by atoms with Crippen molar-refractivity contribution >= 4 is 17.3 Å². The molecule has 6 heteroatoms. The summed E-state index contributed by atoms with van der Waals surface area (Å²) in [5.41, 5.74) is 0.841. The fraction of sp³-hybridized carbons (Fsp3) is 0.533. The number of rotatable bonds is 7. The van der Waals surface area contributed by atoms with Crippen molar-refractivity contribution in [2.75, 3.05) is 25.0 Å². The highest BCUT2D eigenvalue weighted by Crippen LogP contribution is 2.26. The Morgan fingerprint density at radius 1 is 1.38 bits per heavy atom. The third kappa shape index (κ3) is 4.44. The van der Waals surface area contributed by atoms with Crippen LogP contribution in [0, 0.1) is 16.0 Å². The Labute approximate surface area is 125 Å². The van der Waals surface area contributed by atoms with Crippen molar-refractivity contribution in [2.45, 2.75) is 27.7 Å². The highest BCUT2D eigenvalue weighted by molar-refractivity contribution is 5.96. The van der Waals surface area contributed by atoms with Crippen LogP contribution >= 0.6 is 0 Å². The van der Waals surface area contributed by atoms with Crippen LogP contribution in [0.3, 0.4) is 0 Å². The Morgan fingerprint density at radius 2 is 2.05 bits per heavy atom. The lowest BCUT2D eigenvalue weighted by Gasteiger charge is -2.23. The van der Waals surface area contributed by atoms with Crippen molar-refractivity contribution in [3.63, 3.8) is 0 Å². The first kappa shape index (κ1) is 16.9. The Hall–Kier alpha value is -2.11. The van der Waals surface area contributed by atoms with Crippen LogP contribution in [0.25, 0.3) is 0 Å². The van der Waals surface area contributed by atoms with E-state index < -0.39 is 4.92 Å². The minimum Gasteiger partial charge on any atom is -0.380 e. The van der Waals surface area contributed by atoms with Gasteiger partial charge in [0.15, 0.2) is 0 Å². The topological polar surface area (TPSA) is 75.5 Å². The molecule has 0 unspecified atom stereocenters. The molecule has 0 aliphatic heterocycles. The van der Waals surface area contributed by atoms with E-state index in [-0.39, 0.29) is 11.6 Å². The first-order chi connectivity index (χ1) is 9.90. The smallest absolute Gasteiger partial charge is 0.292 e. The first-order valence-corrected chi connectivity index (χ1v) is 7.22. The predicted molar refractivity (Wildman–Crippen MR) is 83.7 cm³/mol. The zero-order valence-electron chi connectivity index (χ0n) is 13.0. The summed E-state index contributed by atoms with van der Waals surface area (Å²) in [7, 11) is 0. The maximum absolute atomic E-state index is 12.5. The van der Waals surface area contributed by atoms with Crippen molar-refractivity contribution in [3.05, 3.63) is 33.9 Å². The molecule has 21 heavy (non-hydrogen) atoms. The van der Waals surface area contributed by atoms with E-state index in [1.54, 1.807) is 11.0 Å². The highest BCUT2D eigenvalue weighted by atomic mass is 16.6. The molecule has 0 aromatic heterocycles. The lowest BCUT2D eigenvalue weighted by atomic mass is 10.1. The van der Waals surface area contributed by atoms with Gasteiger partial charge in [0, 0.05) is 31.3 Å². The van der Waals surface area contributed by atoms with E-state index in [0.717, 1.165) is 0 Å². The van der Waals surface area contributed by atoms with Crippen LogP contribution in [-0.4, -0.2) is 35.4 Å². The highest BCUT2D eigenvalue weighted by Gasteiger charge is 2.20. The molecule has 0 atom stereocenters. The summed E-state index contributed by atoms with van der Waals surface area (Å²) in [6.45, 7) is 9.73. The quantitative estimate of drug-likeness (QED) is 0.619. The minimum atomic E-state index is -0.446. The molecule has 0 aliphatic rings. The third-order valence-corrected chi connectivity index (χ3v) is 3.06. The van der Waals surface area contributed by atoms with Gasteiger partial charge in [0.2, 0.25) is 0 Å². The van der Waals surface area contributed by atoms with Crippen LogP contribution in [0.15, 0.2) is 18.2 Å². The molecule has 0 fully saturated rings. The molecular weight excluding hydrogens is 270 g/mol. The molecule has 1 N–H and O–H groups in total. The van der Waals surface area contributed by atoms with Gasteiger partial charge < -0.3 is 10.2 Å². The molecule has 0 saturated carbocycles. The molecule has 0 aliphatic carbocycles. The van der Waals surface area contributed by atoms with Gasteiger partial charge in [0.25, 0.3) is 11.6 Å². The summed E-state index contributed by atoms with van der Waals surface area (Å²) in [5, 5.41) is 13.9. The number of benzene rings is 1. The normalized spacial score (nSPS) is 10.5. The van der Waals surface area contributed by atoms with E-state index in [1.807, 2.05) is 13.8 Å². The van der Waals surface area contributed by atoms with E-state index in [9.17, 15) is 14.9 Å². The van der Waals surface area contributed by atoms with Gasteiger partial charge in [0.05, 0.1) is 4.92 Å². The number of hydrogen-bond donors (Lipinski definition) is 1. The van der Waals surface area contributed by atoms with Crippen molar-refractivity contribution in [1.29, 1.82) is 0 Å². The van der Waals surface area contributed by atoms with Gasteiger partial charge in [-0.1, -0.05) is 13.8 Å². The zero-order valence-corrected chi connectivity index (χ0v) is 13.0. The molecule has 1 aromatic carbocycles.